The zero-order chi connectivity index (χ0) is 48.5. The first-order valence-corrected chi connectivity index (χ1v) is 22.5. The van der Waals surface area contributed by atoms with Gasteiger partial charge in [0.05, 0.1) is 90.2 Å². The van der Waals surface area contributed by atoms with Gasteiger partial charge in [0.15, 0.2) is 0 Å². The lowest BCUT2D eigenvalue weighted by molar-refractivity contribution is 0.0697. The number of nitrogens with one attached hydrogen (secondary N) is 2. The lowest BCUT2D eigenvalue weighted by atomic mass is 10.0. The van der Waals surface area contributed by atoms with Crippen LogP contribution in [0.1, 0.15) is 55.4 Å². The van der Waals surface area contributed by atoms with Gasteiger partial charge in [-0.3, -0.25) is 0 Å². The van der Waals surface area contributed by atoms with Gasteiger partial charge < -0.3 is 38.9 Å². The minimum absolute atomic E-state index is 0.170. The number of ether oxygens (including phenoxy) is 4. The SMILES string of the molecule is COc1cccc(OC)c1-c1c2nc(c(N(c3ccc(C)cc3)c3ccc(C)cc3)c3ccc([nH]3)c(-c3c(OC)cccc3OC)c3nc(c(C#Cc4ccc(C(=O)O)cc4)c4ccc1[nH]4)C=C3)C=C2. The molecular formula is C59H47N5O6. The Labute approximate surface area is 405 Å². The molecule has 70 heavy (non-hydrogen) atoms. The van der Waals surface area contributed by atoms with Crippen molar-refractivity contribution in [1.82, 2.24) is 19.9 Å². The van der Waals surface area contributed by atoms with Gasteiger partial charge in [0, 0.05) is 39.1 Å². The number of nitrogens with zero attached hydrogens (tertiary/aromatic N) is 3. The third-order valence-electron chi connectivity index (χ3n) is 12.4. The number of benzene rings is 5. The van der Waals surface area contributed by atoms with Crippen LogP contribution < -0.4 is 23.8 Å². The fourth-order valence-corrected chi connectivity index (χ4v) is 8.90. The van der Waals surface area contributed by atoms with Gasteiger partial charge in [-0.2, -0.15) is 0 Å². The summed E-state index contributed by atoms with van der Waals surface area (Å²) in [6.07, 6.45) is 7.99. The molecule has 0 unspecified atom stereocenters. The molecule has 5 heterocycles. The maximum Gasteiger partial charge on any atom is 0.335 e. The molecule has 0 radical (unpaired) electrons. The molecule has 0 atom stereocenters. The fourth-order valence-electron chi connectivity index (χ4n) is 8.90. The van der Waals surface area contributed by atoms with Gasteiger partial charge in [-0.1, -0.05) is 59.4 Å². The molecule has 8 bridgehead atoms. The Hall–Kier alpha value is -9.27. The van der Waals surface area contributed by atoms with Gasteiger partial charge in [0.1, 0.15) is 23.0 Å². The van der Waals surface area contributed by atoms with Gasteiger partial charge >= 0.3 is 5.97 Å². The predicted molar refractivity (Wildman–Crippen MR) is 279 cm³/mol. The third-order valence-corrected chi connectivity index (χ3v) is 12.4. The molecule has 0 amide bonds. The number of aromatic amines is 2. The summed E-state index contributed by atoms with van der Waals surface area (Å²) < 4.78 is 24.3. The van der Waals surface area contributed by atoms with Crippen LogP contribution in [0.25, 0.3) is 68.6 Å². The van der Waals surface area contributed by atoms with Gasteiger partial charge in [0.2, 0.25) is 0 Å². The number of hydrogen-bond donors (Lipinski definition) is 3. The first kappa shape index (κ1) is 44.6. The number of H-pyrrole nitrogens is 2. The van der Waals surface area contributed by atoms with Gasteiger partial charge in [-0.05, 0) is 135 Å². The monoisotopic (exact) mass is 921 g/mol. The molecule has 0 aliphatic carbocycles. The molecule has 0 saturated heterocycles. The van der Waals surface area contributed by atoms with Crippen LogP contribution in [-0.2, 0) is 0 Å². The van der Waals surface area contributed by atoms with E-state index < -0.39 is 5.97 Å². The van der Waals surface area contributed by atoms with Crippen LogP contribution in [0.3, 0.4) is 0 Å². The van der Waals surface area contributed by atoms with Crippen LogP contribution in [0.15, 0.2) is 133 Å². The Morgan fingerprint density at radius 1 is 0.486 bits per heavy atom. The number of rotatable bonds is 10. The quantitative estimate of drug-likeness (QED) is 0.115. The van der Waals surface area contributed by atoms with Crippen LogP contribution in [-0.4, -0.2) is 59.5 Å². The summed E-state index contributed by atoms with van der Waals surface area (Å²) >= 11 is 0. The third kappa shape index (κ3) is 8.28. The second-order valence-corrected chi connectivity index (χ2v) is 16.7. The van der Waals surface area contributed by atoms with Crippen LogP contribution in [0.5, 0.6) is 23.0 Å². The normalized spacial score (nSPS) is 11.5. The summed E-state index contributed by atoms with van der Waals surface area (Å²) in [5.41, 5.74) is 14.7. The van der Waals surface area contributed by atoms with Crippen LogP contribution in [0.4, 0.5) is 17.1 Å². The molecule has 0 spiro atoms. The minimum Gasteiger partial charge on any atom is -0.496 e. The molecule has 5 aromatic carbocycles. The van der Waals surface area contributed by atoms with Crippen molar-refractivity contribution >= 4 is 69.4 Å². The number of carboxylic acid groups (broad SMARTS) is 1. The average molecular weight is 922 g/mol. The van der Waals surface area contributed by atoms with Crippen molar-refractivity contribution in [2.45, 2.75) is 13.8 Å². The van der Waals surface area contributed by atoms with Crippen molar-refractivity contribution in [2.24, 2.45) is 0 Å². The molecule has 2 aliphatic heterocycles. The van der Waals surface area contributed by atoms with Gasteiger partial charge in [0.25, 0.3) is 0 Å². The van der Waals surface area contributed by atoms with E-state index in [9.17, 15) is 9.90 Å². The molecule has 0 fully saturated rings. The second kappa shape index (κ2) is 18.8. The van der Waals surface area contributed by atoms with E-state index in [1.807, 2.05) is 72.8 Å². The molecule has 344 valence electrons. The van der Waals surface area contributed by atoms with E-state index in [0.717, 1.165) is 55.9 Å². The highest BCUT2D eigenvalue weighted by molar-refractivity contribution is 6.01. The molecule has 0 saturated carbocycles. The van der Waals surface area contributed by atoms with E-state index in [-0.39, 0.29) is 5.56 Å². The smallest absolute Gasteiger partial charge is 0.335 e. The lowest BCUT2D eigenvalue weighted by Crippen LogP contribution is -2.12. The standard InChI is InChI=1S/C59H47N5O6/c1-35-13-22-39(23-14-35)64(40-24-15-36(2)16-25-40)58-48-33-31-46(62-48)54(56-50(67-3)9-7-10-51(56)68-4)44-29-27-42(60-44)41(26-19-37-17-20-38(21-18-37)59(65)66)43-28-30-45(61-43)55(47-32-34-49(58)63-47)57-52(69-5)11-8-12-53(57)70-6/h7-18,20-25,27-34,60,63H,1-6H3,(H,65,66). The number of hydrogen-bond acceptors (Lipinski definition) is 8. The molecule has 11 nitrogen and oxygen atoms in total. The molecule has 3 N–H and O–H groups in total. The minimum atomic E-state index is -1.01. The molecule has 11 heteroatoms. The Bertz CT molecular complexity index is 3510. The summed E-state index contributed by atoms with van der Waals surface area (Å²) in [4.78, 5) is 32.4. The number of fused-ring (bicyclic) bond motifs is 8. The second-order valence-electron chi connectivity index (χ2n) is 16.7. The van der Waals surface area contributed by atoms with Gasteiger partial charge in [-0.25, -0.2) is 14.8 Å². The Morgan fingerprint density at radius 3 is 1.40 bits per heavy atom. The van der Waals surface area contributed by atoms with E-state index >= 15 is 0 Å². The van der Waals surface area contributed by atoms with Crippen LogP contribution in [0, 0.1) is 25.7 Å². The summed E-state index contributed by atoms with van der Waals surface area (Å²) in [7, 11) is 6.57. The maximum atomic E-state index is 11.7. The molecule has 2 aliphatic rings. The number of carbonyl (C=O) groups is 1. The summed E-state index contributed by atoms with van der Waals surface area (Å²) in [5.74, 6) is 8.05. The highest BCUT2D eigenvalue weighted by Crippen LogP contribution is 2.47. The molecule has 10 rings (SSSR count). The van der Waals surface area contributed by atoms with Crippen LogP contribution in [0.2, 0.25) is 0 Å². The number of carboxylic acids is 1. The number of methoxy groups -OCH3 is 4. The van der Waals surface area contributed by atoms with Crippen molar-refractivity contribution < 1.29 is 28.8 Å². The maximum absolute atomic E-state index is 11.7. The van der Waals surface area contributed by atoms with Crippen molar-refractivity contribution in [3.8, 4) is 57.1 Å². The summed E-state index contributed by atoms with van der Waals surface area (Å²) in [6.45, 7) is 4.16. The van der Waals surface area contributed by atoms with Crippen molar-refractivity contribution in [2.75, 3.05) is 33.3 Å². The van der Waals surface area contributed by atoms with Crippen molar-refractivity contribution in [3.63, 3.8) is 0 Å². The molecule has 3 aromatic heterocycles. The Kier molecular flexibility index (Phi) is 12.0. The summed E-state index contributed by atoms with van der Waals surface area (Å²) in [5, 5.41) is 9.59. The molecule has 8 aromatic rings. The van der Waals surface area contributed by atoms with Crippen molar-refractivity contribution in [3.05, 3.63) is 184 Å². The first-order valence-electron chi connectivity index (χ1n) is 22.5. The lowest BCUT2D eigenvalue weighted by Gasteiger charge is -2.26. The van der Waals surface area contributed by atoms with E-state index in [1.54, 1.807) is 52.7 Å². The zero-order valence-corrected chi connectivity index (χ0v) is 39.3. The number of anilines is 3. The van der Waals surface area contributed by atoms with Crippen molar-refractivity contribution in [1.29, 1.82) is 0 Å². The zero-order valence-electron chi connectivity index (χ0n) is 39.3. The van der Waals surface area contributed by atoms with E-state index in [0.29, 0.717) is 73.5 Å². The highest BCUT2D eigenvalue weighted by Gasteiger charge is 2.26. The first-order chi connectivity index (χ1) is 34.2. The summed E-state index contributed by atoms with van der Waals surface area (Å²) in [6, 6.07) is 43.0. The Morgan fingerprint density at radius 2 is 0.914 bits per heavy atom. The average Bonchev–Trinajstić information content (AvgIpc) is 4.25. The highest BCUT2D eigenvalue weighted by atomic mass is 16.5. The topological polar surface area (TPSA) is 135 Å². The fraction of sp³-hybridized carbons (Fsp3) is 0.102. The van der Waals surface area contributed by atoms with E-state index in [1.165, 1.54) is 0 Å². The largest absolute Gasteiger partial charge is 0.496 e. The number of aromatic carboxylic acids is 1. The van der Waals surface area contributed by atoms with Gasteiger partial charge in [-0.15, -0.1) is 0 Å². The molecular weight excluding hydrogens is 875 g/mol. The number of aromatic nitrogens is 4. The predicted octanol–water partition coefficient (Wildman–Crippen LogP) is 13.2. The number of aryl methyl sites for hydroxylation is 2. The Balaban J connectivity index is 1.40. The van der Waals surface area contributed by atoms with E-state index in [4.69, 9.17) is 28.9 Å². The van der Waals surface area contributed by atoms with E-state index in [2.05, 4.69) is 101 Å². The van der Waals surface area contributed by atoms with Crippen LogP contribution >= 0.6 is 0 Å².